The fourth-order valence-corrected chi connectivity index (χ4v) is 1.80. The summed E-state index contributed by atoms with van der Waals surface area (Å²) in [6.07, 6.45) is 0. The molecule has 0 atom stereocenters. The Morgan fingerprint density at radius 3 is 2.50 bits per heavy atom. The van der Waals surface area contributed by atoms with Crippen LogP contribution in [-0.2, 0) is 9.84 Å². The maximum Gasteiger partial charge on any atom is 0.160 e. The van der Waals surface area contributed by atoms with E-state index in [1.54, 1.807) is 6.92 Å². The molecule has 0 aliphatic rings. The number of hydrogen-bond acceptors (Lipinski definition) is 3. The van der Waals surface area contributed by atoms with Gasteiger partial charge in [-0.2, -0.15) is 0 Å². The number of benzene rings is 1. The Hall–Kier alpha value is -1.17. The van der Waals surface area contributed by atoms with Crippen LogP contribution in [0.5, 0.6) is 0 Å². The minimum absolute atomic E-state index is 0.0253. The average Bonchev–Trinajstić information content (AvgIpc) is 2.23. The Morgan fingerprint density at radius 2 is 1.94 bits per heavy atom. The van der Waals surface area contributed by atoms with Crippen LogP contribution in [0.15, 0.2) is 18.2 Å². The first-order valence-corrected chi connectivity index (χ1v) is 6.66. The van der Waals surface area contributed by atoms with E-state index in [9.17, 15) is 17.2 Å². The highest BCUT2D eigenvalue weighted by atomic mass is 32.2. The number of nitrogens with one attached hydrogen (secondary N) is 1. The molecule has 1 aromatic carbocycles. The van der Waals surface area contributed by atoms with Crippen molar-refractivity contribution in [1.29, 1.82) is 0 Å². The lowest BCUT2D eigenvalue weighted by atomic mass is 10.3. The van der Waals surface area contributed by atoms with Gasteiger partial charge in [0.15, 0.2) is 21.5 Å². The zero-order chi connectivity index (χ0) is 12.2. The minimum atomic E-state index is -3.04. The summed E-state index contributed by atoms with van der Waals surface area (Å²) in [7, 11) is -3.04. The molecule has 0 saturated carbocycles. The summed E-state index contributed by atoms with van der Waals surface area (Å²) in [4.78, 5) is 0. The van der Waals surface area contributed by atoms with Crippen molar-refractivity contribution in [3.05, 3.63) is 29.8 Å². The van der Waals surface area contributed by atoms with Crippen LogP contribution in [0.4, 0.5) is 14.5 Å². The molecule has 0 saturated heterocycles. The Balaban J connectivity index is 2.53. The fraction of sp³-hybridized carbons (Fsp3) is 0.400. The molecule has 0 spiro atoms. The summed E-state index contributed by atoms with van der Waals surface area (Å²) in [6.45, 7) is 1.74. The van der Waals surface area contributed by atoms with Gasteiger partial charge in [0.25, 0.3) is 0 Å². The number of hydrogen-bond donors (Lipinski definition) is 1. The normalized spacial score (nSPS) is 11.4. The quantitative estimate of drug-likeness (QED) is 0.865. The van der Waals surface area contributed by atoms with Crippen LogP contribution >= 0.6 is 0 Å². The van der Waals surface area contributed by atoms with Crippen LogP contribution in [0.3, 0.4) is 0 Å². The molecule has 0 fully saturated rings. The monoisotopic (exact) mass is 249 g/mol. The van der Waals surface area contributed by atoms with E-state index in [2.05, 4.69) is 5.32 Å². The molecule has 1 N–H and O–H groups in total. The first-order chi connectivity index (χ1) is 7.44. The summed E-state index contributed by atoms with van der Waals surface area (Å²) < 4.78 is 47.6. The topological polar surface area (TPSA) is 46.2 Å². The van der Waals surface area contributed by atoms with Crippen LogP contribution in [0.2, 0.25) is 0 Å². The molecular weight excluding hydrogens is 236 g/mol. The predicted molar refractivity (Wildman–Crippen MR) is 59.2 cm³/mol. The van der Waals surface area contributed by atoms with Crippen molar-refractivity contribution in [3.8, 4) is 0 Å². The molecule has 0 bridgehead atoms. The molecule has 6 heteroatoms. The van der Waals surface area contributed by atoms with E-state index in [-0.39, 0.29) is 18.1 Å². The van der Waals surface area contributed by atoms with E-state index < -0.39 is 21.5 Å². The third kappa shape index (κ3) is 3.77. The molecule has 90 valence electrons. The van der Waals surface area contributed by atoms with E-state index in [0.29, 0.717) is 5.69 Å². The van der Waals surface area contributed by atoms with Gasteiger partial charge in [0.1, 0.15) is 0 Å². The number of halogens is 2. The van der Waals surface area contributed by atoms with Gasteiger partial charge < -0.3 is 5.32 Å². The Bertz CT molecular complexity index is 460. The second-order valence-corrected chi connectivity index (χ2v) is 5.76. The molecule has 0 heterocycles. The number of sulfone groups is 1. The van der Waals surface area contributed by atoms with Gasteiger partial charge in [0.05, 0.1) is 5.75 Å². The zero-order valence-corrected chi connectivity index (χ0v) is 9.65. The van der Waals surface area contributed by atoms with E-state index in [1.165, 1.54) is 6.07 Å². The number of anilines is 1. The van der Waals surface area contributed by atoms with Gasteiger partial charge in [-0.25, -0.2) is 17.2 Å². The van der Waals surface area contributed by atoms with Crippen molar-refractivity contribution in [3.63, 3.8) is 0 Å². The SMILES string of the molecule is CCS(=O)(=O)CCNc1ccc(F)c(F)c1. The highest BCUT2D eigenvalue weighted by molar-refractivity contribution is 7.91. The van der Waals surface area contributed by atoms with Gasteiger partial charge in [-0.3, -0.25) is 0 Å². The molecule has 0 radical (unpaired) electrons. The molecular formula is C10H13F2NO2S. The average molecular weight is 249 g/mol. The van der Waals surface area contributed by atoms with Crippen molar-refractivity contribution in [2.24, 2.45) is 0 Å². The Morgan fingerprint density at radius 1 is 1.25 bits per heavy atom. The van der Waals surface area contributed by atoms with Crippen molar-refractivity contribution in [2.75, 3.05) is 23.4 Å². The van der Waals surface area contributed by atoms with Gasteiger partial charge in [-0.15, -0.1) is 0 Å². The molecule has 0 aliphatic carbocycles. The molecule has 0 aromatic heterocycles. The third-order valence-corrected chi connectivity index (χ3v) is 3.81. The molecule has 1 rings (SSSR count). The second-order valence-electron chi connectivity index (χ2n) is 3.29. The Labute approximate surface area is 93.4 Å². The van der Waals surface area contributed by atoms with Crippen LogP contribution in [-0.4, -0.2) is 26.5 Å². The third-order valence-electron chi connectivity index (χ3n) is 2.10. The summed E-state index contributed by atoms with van der Waals surface area (Å²) >= 11 is 0. The van der Waals surface area contributed by atoms with Gasteiger partial charge in [0.2, 0.25) is 0 Å². The van der Waals surface area contributed by atoms with E-state index >= 15 is 0 Å². The first kappa shape index (κ1) is 12.9. The lowest BCUT2D eigenvalue weighted by molar-refractivity contribution is 0.509. The largest absolute Gasteiger partial charge is 0.384 e. The molecule has 1 aromatic rings. The fourth-order valence-electron chi connectivity index (χ4n) is 1.10. The second kappa shape index (κ2) is 5.25. The minimum Gasteiger partial charge on any atom is -0.384 e. The van der Waals surface area contributed by atoms with Crippen molar-refractivity contribution in [1.82, 2.24) is 0 Å². The lowest BCUT2D eigenvalue weighted by Gasteiger charge is -2.06. The maximum atomic E-state index is 12.8. The zero-order valence-electron chi connectivity index (χ0n) is 8.83. The van der Waals surface area contributed by atoms with Gasteiger partial charge in [0, 0.05) is 18.0 Å². The lowest BCUT2D eigenvalue weighted by Crippen LogP contribution is -2.17. The van der Waals surface area contributed by atoms with E-state index in [4.69, 9.17) is 0 Å². The molecule has 0 amide bonds. The van der Waals surface area contributed by atoms with Crippen molar-refractivity contribution < 1.29 is 17.2 Å². The van der Waals surface area contributed by atoms with Crippen LogP contribution in [0.1, 0.15) is 6.92 Å². The Kier molecular flexibility index (Phi) is 4.23. The molecule has 3 nitrogen and oxygen atoms in total. The maximum absolute atomic E-state index is 12.8. The van der Waals surface area contributed by atoms with Crippen molar-refractivity contribution >= 4 is 15.5 Å². The van der Waals surface area contributed by atoms with Crippen molar-refractivity contribution in [2.45, 2.75) is 6.92 Å². The van der Waals surface area contributed by atoms with E-state index in [0.717, 1.165) is 12.1 Å². The van der Waals surface area contributed by atoms with Gasteiger partial charge in [-0.05, 0) is 18.2 Å². The summed E-state index contributed by atoms with van der Waals surface area (Å²) in [5, 5.41) is 2.72. The smallest absolute Gasteiger partial charge is 0.160 e. The van der Waals surface area contributed by atoms with Gasteiger partial charge in [-0.1, -0.05) is 6.92 Å². The van der Waals surface area contributed by atoms with E-state index in [1.807, 2.05) is 0 Å². The van der Waals surface area contributed by atoms with Crippen LogP contribution < -0.4 is 5.32 Å². The summed E-state index contributed by atoms with van der Waals surface area (Å²) in [6, 6.07) is 3.34. The predicted octanol–water partition coefficient (Wildman–Crippen LogP) is 1.81. The highest BCUT2D eigenvalue weighted by Gasteiger charge is 2.07. The van der Waals surface area contributed by atoms with Crippen LogP contribution in [0.25, 0.3) is 0 Å². The number of rotatable bonds is 5. The summed E-state index contributed by atoms with van der Waals surface area (Å²) in [5.74, 6) is -1.83. The van der Waals surface area contributed by atoms with Crippen LogP contribution in [0, 0.1) is 11.6 Å². The molecule has 0 aliphatic heterocycles. The molecule has 0 unspecified atom stereocenters. The standard InChI is InChI=1S/C10H13F2NO2S/c1-2-16(14,15)6-5-13-8-3-4-9(11)10(12)7-8/h3-4,7,13H,2,5-6H2,1H3. The highest BCUT2D eigenvalue weighted by Crippen LogP contribution is 2.12. The molecule has 16 heavy (non-hydrogen) atoms. The first-order valence-electron chi connectivity index (χ1n) is 4.84. The van der Waals surface area contributed by atoms with Gasteiger partial charge >= 0.3 is 0 Å². The summed E-state index contributed by atoms with van der Waals surface area (Å²) in [5.41, 5.74) is 0.366.